The second kappa shape index (κ2) is 7.73. The first-order valence-corrected chi connectivity index (χ1v) is 7.33. The van der Waals surface area contributed by atoms with Gasteiger partial charge in [-0.25, -0.2) is 14.4 Å². The van der Waals surface area contributed by atoms with Crippen LogP contribution in [0.15, 0.2) is 0 Å². The van der Waals surface area contributed by atoms with E-state index in [1.807, 2.05) is 0 Å². The fourth-order valence-electron chi connectivity index (χ4n) is 1.78. The maximum atomic E-state index is 12.4. The second-order valence-corrected chi connectivity index (χ2v) is 5.41. The Morgan fingerprint density at radius 2 is 1.57 bits per heavy atom. The van der Waals surface area contributed by atoms with Crippen molar-refractivity contribution in [1.29, 1.82) is 0 Å². The van der Waals surface area contributed by atoms with E-state index in [0.717, 1.165) is 25.6 Å². The zero-order valence-electron chi connectivity index (χ0n) is 13.4. The fraction of sp³-hybridized carbons (Fsp3) is 0.429. The van der Waals surface area contributed by atoms with Gasteiger partial charge in [0.1, 0.15) is 9.88 Å². The molecular weight excluding hydrogens is 326 g/mol. The minimum absolute atomic E-state index is 0.00340. The second-order valence-electron chi connectivity index (χ2n) is 4.41. The highest BCUT2D eigenvalue weighted by atomic mass is 32.1. The molecular formula is C14H17NO7S. The monoisotopic (exact) mass is 343 g/mol. The third kappa shape index (κ3) is 3.67. The Kier molecular flexibility index (Phi) is 6.26. The van der Waals surface area contributed by atoms with Crippen LogP contribution < -0.4 is 4.90 Å². The summed E-state index contributed by atoms with van der Waals surface area (Å²) in [5.74, 6) is -3.86. The predicted octanol–water partition coefficient (Wildman–Crippen LogP) is 1.13. The third-order valence-electron chi connectivity index (χ3n) is 2.74. The summed E-state index contributed by atoms with van der Waals surface area (Å²) in [7, 11) is 5.46. The van der Waals surface area contributed by atoms with E-state index in [9.17, 15) is 19.2 Å². The topological polar surface area (TPSA) is 99.2 Å². The number of hydrogen-bond donors (Lipinski definition) is 0. The minimum atomic E-state index is -1.12. The van der Waals surface area contributed by atoms with Crippen LogP contribution in [0, 0.1) is 0 Å². The largest absolute Gasteiger partial charge is 0.465 e. The van der Waals surface area contributed by atoms with E-state index in [4.69, 9.17) is 0 Å². The van der Waals surface area contributed by atoms with Crippen molar-refractivity contribution in [2.45, 2.75) is 6.92 Å². The average Bonchev–Trinajstić information content (AvgIpc) is 2.93. The SMILES string of the molecule is CCOC(=O)C(=O)c1c(N(C)C)sc(C(=O)OC)c1C(=O)OC. The molecule has 1 heterocycles. The quantitative estimate of drug-likeness (QED) is 0.328. The van der Waals surface area contributed by atoms with Crippen molar-refractivity contribution in [3.63, 3.8) is 0 Å². The van der Waals surface area contributed by atoms with Gasteiger partial charge in [-0.05, 0) is 6.92 Å². The maximum absolute atomic E-state index is 12.4. The van der Waals surface area contributed by atoms with Gasteiger partial charge in [0.2, 0.25) is 0 Å². The number of Topliss-reactive ketones (excluding diaryl/α,β-unsaturated/α-hetero) is 1. The molecule has 0 spiro atoms. The third-order valence-corrected chi connectivity index (χ3v) is 4.08. The van der Waals surface area contributed by atoms with E-state index in [1.165, 1.54) is 4.90 Å². The number of methoxy groups -OCH3 is 2. The molecule has 0 bridgehead atoms. The van der Waals surface area contributed by atoms with Crippen LogP contribution in [0.3, 0.4) is 0 Å². The molecule has 0 aliphatic rings. The molecule has 0 aliphatic heterocycles. The highest BCUT2D eigenvalue weighted by molar-refractivity contribution is 7.19. The lowest BCUT2D eigenvalue weighted by Gasteiger charge is -2.12. The van der Waals surface area contributed by atoms with Gasteiger partial charge in [0.05, 0.1) is 32.0 Å². The zero-order chi connectivity index (χ0) is 17.7. The Labute approximate surface area is 136 Å². The molecule has 126 valence electrons. The van der Waals surface area contributed by atoms with E-state index in [2.05, 4.69) is 14.2 Å². The van der Waals surface area contributed by atoms with Crippen LogP contribution in [-0.2, 0) is 19.0 Å². The van der Waals surface area contributed by atoms with Crippen molar-refractivity contribution in [3.05, 3.63) is 16.0 Å². The van der Waals surface area contributed by atoms with Crippen LogP contribution in [0.25, 0.3) is 0 Å². The molecule has 8 nitrogen and oxygen atoms in total. The smallest absolute Gasteiger partial charge is 0.379 e. The molecule has 1 rings (SSSR count). The van der Waals surface area contributed by atoms with Crippen LogP contribution >= 0.6 is 11.3 Å². The summed E-state index contributed by atoms with van der Waals surface area (Å²) in [4.78, 5) is 49.5. The van der Waals surface area contributed by atoms with Gasteiger partial charge >= 0.3 is 17.9 Å². The Morgan fingerprint density at radius 3 is 2.00 bits per heavy atom. The molecule has 9 heteroatoms. The number of ketones is 1. The highest BCUT2D eigenvalue weighted by Crippen LogP contribution is 2.36. The summed E-state index contributed by atoms with van der Waals surface area (Å²) < 4.78 is 13.9. The van der Waals surface area contributed by atoms with Crippen LogP contribution in [-0.4, -0.2) is 58.6 Å². The van der Waals surface area contributed by atoms with Crippen LogP contribution in [0.2, 0.25) is 0 Å². The van der Waals surface area contributed by atoms with Crippen LogP contribution in [0.4, 0.5) is 5.00 Å². The first kappa shape index (κ1) is 18.6. The van der Waals surface area contributed by atoms with Gasteiger partial charge in [-0.1, -0.05) is 0 Å². The molecule has 0 fully saturated rings. The Bertz CT molecular complexity index is 648. The van der Waals surface area contributed by atoms with Crippen molar-refractivity contribution < 1.29 is 33.4 Å². The molecule has 0 N–H and O–H groups in total. The minimum Gasteiger partial charge on any atom is -0.465 e. The highest BCUT2D eigenvalue weighted by Gasteiger charge is 2.36. The van der Waals surface area contributed by atoms with E-state index in [1.54, 1.807) is 21.0 Å². The van der Waals surface area contributed by atoms with E-state index in [-0.39, 0.29) is 27.6 Å². The molecule has 0 amide bonds. The van der Waals surface area contributed by atoms with E-state index in [0.29, 0.717) is 0 Å². The van der Waals surface area contributed by atoms with Gasteiger partial charge < -0.3 is 19.1 Å². The van der Waals surface area contributed by atoms with Gasteiger partial charge in [0.25, 0.3) is 5.78 Å². The number of rotatable bonds is 6. The Balaban J connectivity index is 3.66. The molecule has 23 heavy (non-hydrogen) atoms. The number of carbonyl (C=O) groups is 4. The molecule has 0 unspecified atom stereocenters. The van der Waals surface area contributed by atoms with Gasteiger partial charge in [-0.15, -0.1) is 11.3 Å². The van der Waals surface area contributed by atoms with Gasteiger partial charge in [-0.2, -0.15) is 0 Å². The van der Waals surface area contributed by atoms with Gasteiger partial charge in [-0.3, -0.25) is 4.79 Å². The predicted molar refractivity (Wildman–Crippen MR) is 82.3 cm³/mol. The summed E-state index contributed by atoms with van der Waals surface area (Å²) in [5.41, 5.74) is -0.531. The first-order valence-electron chi connectivity index (χ1n) is 6.52. The van der Waals surface area contributed by atoms with E-state index < -0.39 is 23.7 Å². The first-order chi connectivity index (χ1) is 10.8. The molecule has 1 aromatic rings. The normalized spacial score (nSPS) is 9.96. The molecule has 0 radical (unpaired) electrons. The number of nitrogens with zero attached hydrogens (tertiary/aromatic N) is 1. The number of esters is 3. The molecule has 0 aromatic carbocycles. The Hall–Kier alpha value is -2.42. The van der Waals surface area contributed by atoms with Gasteiger partial charge in [0.15, 0.2) is 0 Å². The number of carbonyl (C=O) groups excluding carboxylic acids is 4. The van der Waals surface area contributed by atoms with Crippen molar-refractivity contribution in [3.8, 4) is 0 Å². The average molecular weight is 343 g/mol. The lowest BCUT2D eigenvalue weighted by atomic mass is 10.1. The van der Waals surface area contributed by atoms with E-state index >= 15 is 0 Å². The van der Waals surface area contributed by atoms with Crippen LogP contribution in [0.1, 0.15) is 37.3 Å². The Morgan fingerprint density at radius 1 is 1.00 bits per heavy atom. The molecule has 0 saturated carbocycles. The molecule has 0 saturated heterocycles. The van der Waals surface area contributed by atoms with Crippen molar-refractivity contribution in [2.24, 2.45) is 0 Å². The maximum Gasteiger partial charge on any atom is 0.379 e. The van der Waals surface area contributed by atoms with Crippen molar-refractivity contribution in [1.82, 2.24) is 0 Å². The standard InChI is InChI=1S/C14H17NO7S/c1-6-22-13(18)9(16)7-8(12(17)20-4)10(14(19)21-5)23-11(7)15(2)3/h6H2,1-5H3. The fourth-order valence-corrected chi connectivity index (χ4v) is 2.90. The summed E-state index contributed by atoms with van der Waals surface area (Å²) in [5, 5.41) is 0.254. The number of hydrogen-bond acceptors (Lipinski definition) is 9. The summed E-state index contributed by atoms with van der Waals surface area (Å²) in [6.07, 6.45) is 0. The zero-order valence-corrected chi connectivity index (χ0v) is 14.2. The van der Waals surface area contributed by atoms with Gasteiger partial charge in [0, 0.05) is 14.1 Å². The van der Waals surface area contributed by atoms with Crippen molar-refractivity contribution >= 4 is 40.0 Å². The summed E-state index contributed by atoms with van der Waals surface area (Å²) in [6.45, 7) is 1.55. The molecule has 1 aromatic heterocycles. The van der Waals surface area contributed by atoms with Crippen LogP contribution in [0.5, 0.6) is 0 Å². The lowest BCUT2D eigenvalue weighted by Crippen LogP contribution is -2.23. The number of thiophene rings is 1. The molecule has 0 atom stereocenters. The summed E-state index contributed by atoms with van der Waals surface area (Å²) in [6, 6.07) is 0. The summed E-state index contributed by atoms with van der Waals surface area (Å²) >= 11 is 0.856. The molecule has 0 aliphatic carbocycles. The number of ether oxygens (including phenoxy) is 3. The number of anilines is 1. The lowest BCUT2D eigenvalue weighted by molar-refractivity contribution is -0.137. The van der Waals surface area contributed by atoms with Crippen molar-refractivity contribution in [2.75, 3.05) is 39.8 Å².